The van der Waals surface area contributed by atoms with Crippen LogP contribution in [0.4, 0.5) is 11.4 Å². The predicted molar refractivity (Wildman–Crippen MR) is 81.1 cm³/mol. The Morgan fingerprint density at radius 1 is 1.40 bits per heavy atom. The fourth-order valence-corrected chi connectivity index (χ4v) is 3.63. The number of thiophene rings is 1. The maximum absolute atomic E-state index is 12.4. The first kappa shape index (κ1) is 13.0. The van der Waals surface area contributed by atoms with E-state index in [1.54, 1.807) is 17.4 Å². The molecule has 0 spiro atoms. The zero-order valence-electron chi connectivity index (χ0n) is 10.9. The molecule has 1 aromatic carbocycles. The monoisotopic (exact) mass is 288 g/mol. The Labute approximate surface area is 121 Å². The van der Waals surface area contributed by atoms with Crippen molar-refractivity contribution in [2.75, 3.05) is 11.1 Å². The van der Waals surface area contributed by atoms with Crippen molar-refractivity contribution in [2.24, 2.45) is 0 Å². The van der Waals surface area contributed by atoms with Crippen LogP contribution >= 0.6 is 11.3 Å². The third kappa shape index (κ3) is 2.36. The molecule has 4 N–H and O–H groups in total. The molecule has 104 valence electrons. The summed E-state index contributed by atoms with van der Waals surface area (Å²) in [5.41, 5.74) is 7.88. The largest absolute Gasteiger partial charge is 0.508 e. The Kier molecular flexibility index (Phi) is 3.36. The molecule has 5 heteroatoms. The summed E-state index contributed by atoms with van der Waals surface area (Å²) in [6.45, 7) is 0. The van der Waals surface area contributed by atoms with Crippen LogP contribution in [-0.4, -0.2) is 11.0 Å². The molecule has 1 aromatic heterocycles. The van der Waals surface area contributed by atoms with Crippen molar-refractivity contribution in [3.63, 3.8) is 0 Å². The standard InChI is InChI=1S/C15H16N2O2S/c16-12-8-9(18)4-5-13(12)17-15(19)11-2-1-3-14-10(11)6-7-20-14/h4-8,11,18H,1-3,16H2,(H,17,19). The fourth-order valence-electron chi connectivity index (χ4n) is 2.64. The Morgan fingerprint density at radius 3 is 3.05 bits per heavy atom. The van der Waals surface area contributed by atoms with E-state index in [2.05, 4.69) is 5.32 Å². The SMILES string of the molecule is Nc1cc(O)ccc1NC(=O)C1CCCc2sccc21. The molecule has 0 saturated carbocycles. The Hall–Kier alpha value is -2.01. The molecule has 0 fully saturated rings. The van der Waals surface area contributed by atoms with E-state index in [9.17, 15) is 9.90 Å². The topological polar surface area (TPSA) is 75.3 Å². The number of aromatic hydroxyl groups is 1. The number of nitrogens with one attached hydrogen (secondary N) is 1. The zero-order chi connectivity index (χ0) is 14.1. The molecular formula is C15H16N2O2S. The van der Waals surface area contributed by atoms with E-state index in [1.165, 1.54) is 17.0 Å². The number of nitrogen functional groups attached to an aromatic ring is 1. The quantitative estimate of drug-likeness (QED) is 0.587. The average molecular weight is 288 g/mol. The Morgan fingerprint density at radius 2 is 2.25 bits per heavy atom. The zero-order valence-corrected chi connectivity index (χ0v) is 11.7. The van der Waals surface area contributed by atoms with E-state index in [4.69, 9.17) is 5.73 Å². The number of phenols is 1. The first-order valence-electron chi connectivity index (χ1n) is 6.61. The highest BCUT2D eigenvalue weighted by atomic mass is 32.1. The number of aryl methyl sites for hydroxylation is 1. The molecule has 3 rings (SSSR count). The van der Waals surface area contributed by atoms with Gasteiger partial charge in [-0.25, -0.2) is 0 Å². The Bertz CT molecular complexity index is 651. The van der Waals surface area contributed by atoms with E-state index in [0.717, 1.165) is 24.8 Å². The fraction of sp³-hybridized carbons (Fsp3) is 0.267. The van der Waals surface area contributed by atoms with Gasteiger partial charge in [-0.3, -0.25) is 4.79 Å². The minimum absolute atomic E-state index is 0.0262. The smallest absolute Gasteiger partial charge is 0.232 e. The highest BCUT2D eigenvalue weighted by Crippen LogP contribution is 2.36. The van der Waals surface area contributed by atoms with Gasteiger partial charge in [0.05, 0.1) is 17.3 Å². The summed E-state index contributed by atoms with van der Waals surface area (Å²) < 4.78 is 0. The Balaban J connectivity index is 1.81. The first-order chi connectivity index (χ1) is 9.65. The van der Waals surface area contributed by atoms with Gasteiger partial charge in [0.25, 0.3) is 0 Å². The van der Waals surface area contributed by atoms with Crippen molar-refractivity contribution in [2.45, 2.75) is 25.2 Å². The number of amides is 1. The molecule has 0 aliphatic heterocycles. The van der Waals surface area contributed by atoms with Crippen molar-refractivity contribution >= 4 is 28.6 Å². The van der Waals surface area contributed by atoms with Gasteiger partial charge in [0, 0.05) is 10.9 Å². The lowest BCUT2D eigenvalue weighted by molar-refractivity contribution is -0.117. The second-order valence-electron chi connectivity index (χ2n) is 5.00. The van der Waals surface area contributed by atoms with Crippen LogP contribution in [0.25, 0.3) is 0 Å². The summed E-state index contributed by atoms with van der Waals surface area (Å²) >= 11 is 1.72. The summed E-state index contributed by atoms with van der Waals surface area (Å²) in [7, 11) is 0. The molecule has 2 aromatic rings. The van der Waals surface area contributed by atoms with Gasteiger partial charge in [-0.1, -0.05) is 0 Å². The van der Waals surface area contributed by atoms with E-state index in [0.29, 0.717) is 11.4 Å². The second-order valence-corrected chi connectivity index (χ2v) is 6.01. The predicted octanol–water partition coefficient (Wildman–Crippen LogP) is 3.09. The van der Waals surface area contributed by atoms with Gasteiger partial charge in [0.1, 0.15) is 5.75 Å². The van der Waals surface area contributed by atoms with Crippen LogP contribution in [0.15, 0.2) is 29.6 Å². The van der Waals surface area contributed by atoms with E-state index < -0.39 is 0 Å². The number of hydrogen-bond acceptors (Lipinski definition) is 4. The van der Waals surface area contributed by atoms with Gasteiger partial charge < -0.3 is 16.2 Å². The number of carbonyl (C=O) groups excluding carboxylic acids is 1. The number of phenolic OH excluding ortho intramolecular Hbond substituents is 1. The van der Waals surface area contributed by atoms with Crippen molar-refractivity contribution in [3.05, 3.63) is 40.1 Å². The van der Waals surface area contributed by atoms with Crippen LogP contribution in [0.2, 0.25) is 0 Å². The average Bonchev–Trinajstić information content (AvgIpc) is 2.90. The van der Waals surface area contributed by atoms with Crippen LogP contribution in [-0.2, 0) is 11.2 Å². The third-order valence-corrected chi connectivity index (χ3v) is 4.66. The van der Waals surface area contributed by atoms with Gasteiger partial charge >= 0.3 is 0 Å². The lowest BCUT2D eigenvalue weighted by Crippen LogP contribution is -2.24. The second kappa shape index (κ2) is 5.17. The lowest BCUT2D eigenvalue weighted by atomic mass is 9.87. The molecule has 1 atom stereocenters. The van der Waals surface area contributed by atoms with Crippen molar-refractivity contribution in [1.82, 2.24) is 0 Å². The van der Waals surface area contributed by atoms with Gasteiger partial charge in [-0.15, -0.1) is 11.3 Å². The van der Waals surface area contributed by atoms with E-state index in [1.807, 2.05) is 11.4 Å². The van der Waals surface area contributed by atoms with Gasteiger partial charge in [-0.2, -0.15) is 0 Å². The van der Waals surface area contributed by atoms with E-state index >= 15 is 0 Å². The van der Waals surface area contributed by atoms with Crippen molar-refractivity contribution in [1.29, 1.82) is 0 Å². The van der Waals surface area contributed by atoms with Crippen molar-refractivity contribution < 1.29 is 9.90 Å². The van der Waals surface area contributed by atoms with Crippen LogP contribution in [0, 0.1) is 0 Å². The minimum atomic E-state index is -0.0989. The molecule has 1 amide bonds. The van der Waals surface area contributed by atoms with Gasteiger partial charge in [0.2, 0.25) is 5.91 Å². The first-order valence-corrected chi connectivity index (χ1v) is 7.49. The lowest BCUT2D eigenvalue weighted by Gasteiger charge is -2.22. The van der Waals surface area contributed by atoms with Gasteiger partial charge in [0.15, 0.2) is 0 Å². The molecule has 1 unspecified atom stereocenters. The molecule has 0 bridgehead atoms. The molecule has 0 saturated heterocycles. The number of carbonyl (C=O) groups is 1. The van der Waals surface area contributed by atoms with Gasteiger partial charge in [-0.05, 0) is 48.4 Å². The highest BCUT2D eigenvalue weighted by Gasteiger charge is 2.27. The number of rotatable bonds is 2. The molecular weight excluding hydrogens is 272 g/mol. The molecule has 1 aliphatic rings. The molecule has 1 heterocycles. The molecule has 20 heavy (non-hydrogen) atoms. The summed E-state index contributed by atoms with van der Waals surface area (Å²) in [4.78, 5) is 13.8. The maximum Gasteiger partial charge on any atom is 0.232 e. The normalized spacial score (nSPS) is 17.5. The van der Waals surface area contributed by atoms with E-state index in [-0.39, 0.29) is 17.6 Å². The van der Waals surface area contributed by atoms with Crippen molar-refractivity contribution in [3.8, 4) is 5.75 Å². The number of hydrogen-bond donors (Lipinski definition) is 3. The number of anilines is 2. The summed E-state index contributed by atoms with van der Waals surface area (Å²) in [5, 5.41) is 14.2. The highest BCUT2D eigenvalue weighted by molar-refractivity contribution is 7.10. The number of fused-ring (bicyclic) bond motifs is 1. The molecule has 0 radical (unpaired) electrons. The van der Waals surface area contributed by atoms with Crippen LogP contribution in [0.5, 0.6) is 5.75 Å². The number of nitrogens with two attached hydrogens (primary N) is 1. The van der Waals surface area contributed by atoms with Crippen LogP contribution in [0.3, 0.4) is 0 Å². The number of benzene rings is 1. The summed E-state index contributed by atoms with van der Waals surface area (Å²) in [6, 6.07) is 6.62. The van der Waals surface area contributed by atoms with Crippen LogP contribution in [0.1, 0.15) is 29.2 Å². The summed E-state index contributed by atoms with van der Waals surface area (Å²) in [5.74, 6) is -0.0294. The summed E-state index contributed by atoms with van der Waals surface area (Å²) in [6.07, 6.45) is 2.97. The third-order valence-electron chi connectivity index (χ3n) is 3.66. The maximum atomic E-state index is 12.4. The molecule has 1 aliphatic carbocycles. The molecule has 4 nitrogen and oxygen atoms in total. The van der Waals surface area contributed by atoms with Crippen LogP contribution < -0.4 is 11.1 Å². The minimum Gasteiger partial charge on any atom is -0.508 e.